The standard InChI is InChI=1S/C16H16F3NO2/c1-4-5-7-12(15(21)22)11(3)20-14-9-6-8-13(10(14)2)16(17,18)19/h4-9,20H,3H2,1-2H3,(H,21,22)/b5-4-,12-7+. The Balaban J connectivity index is 3.15. The zero-order valence-electron chi connectivity index (χ0n) is 12.2. The molecule has 3 nitrogen and oxygen atoms in total. The molecular weight excluding hydrogens is 295 g/mol. The van der Waals surface area contributed by atoms with Crippen molar-refractivity contribution in [3.63, 3.8) is 0 Å². The van der Waals surface area contributed by atoms with Crippen molar-refractivity contribution in [1.82, 2.24) is 0 Å². The number of nitrogens with one attached hydrogen (secondary N) is 1. The first-order valence-electron chi connectivity index (χ1n) is 6.37. The summed E-state index contributed by atoms with van der Waals surface area (Å²) in [5.74, 6) is -1.22. The van der Waals surface area contributed by atoms with Gasteiger partial charge in [-0.2, -0.15) is 13.2 Å². The molecule has 0 saturated heterocycles. The van der Waals surface area contributed by atoms with Crippen LogP contribution in [0.4, 0.5) is 18.9 Å². The maximum absolute atomic E-state index is 12.9. The fraction of sp³-hybridized carbons (Fsp3) is 0.188. The van der Waals surface area contributed by atoms with Crippen molar-refractivity contribution in [2.75, 3.05) is 5.32 Å². The topological polar surface area (TPSA) is 49.3 Å². The maximum atomic E-state index is 12.9. The molecule has 0 aromatic heterocycles. The van der Waals surface area contributed by atoms with Gasteiger partial charge in [-0.05, 0) is 37.6 Å². The third-order valence-corrected chi connectivity index (χ3v) is 2.94. The molecule has 6 heteroatoms. The van der Waals surface area contributed by atoms with Gasteiger partial charge in [-0.3, -0.25) is 0 Å². The molecule has 0 radical (unpaired) electrons. The number of aliphatic carboxylic acids is 1. The van der Waals surface area contributed by atoms with E-state index in [0.717, 1.165) is 6.07 Å². The highest BCUT2D eigenvalue weighted by Crippen LogP contribution is 2.35. The largest absolute Gasteiger partial charge is 0.478 e. The van der Waals surface area contributed by atoms with Crippen LogP contribution < -0.4 is 5.32 Å². The van der Waals surface area contributed by atoms with Crippen LogP contribution in [0.2, 0.25) is 0 Å². The van der Waals surface area contributed by atoms with Gasteiger partial charge in [0.1, 0.15) is 0 Å². The molecule has 0 atom stereocenters. The maximum Gasteiger partial charge on any atom is 0.416 e. The zero-order chi connectivity index (χ0) is 16.9. The number of rotatable bonds is 5. The van der Waals surface area contributed by atoms with Gasteiger partial charge in [0.05, 0.1) is 11.1 Å². The molecule has 0 heterocycles. The van der Waals surface area contributed by atoms with E-state index < -0.39 is 17.7 Å². The third-order valence-electron chi connectivity index (χ3n) is 2.94. The first-order valence-corrected chi connectivity index (χ1v) is 6.37. The zero-order valence-corrected chi connectivity index (χ0v) is 12.2. The van der Waals surface area contributed by atoms with Crippen LogP contribution in [-0.4, -0.2) is 11.1 Å². The number of hydrogen-bond acceptors (Lipinski definition) is 2. The number of carboxylic acid groups (broad SMARTS) is 1. The Morgan fingerprint density at radius 3 is 2.50 bits per heavy atom. The van der Waals surface area contributed by atoms with Gasteiger partial charge in [0, 0.05) is 11.4 Å². The fourth-order valence-electron chi connectivity index (χ4n) is 1.80. The molecule has 22 heavy (non-hydrogen) atoms. The van der Waals surface area contributed by atoms with Crippen LogP contribution in [0.25, 0.3) is 0 Å². The summed E-state index contributed by atoms with van der Waals surface area (Å²) in [5.41, 5.74) is -0.762. The summed E-state index contributed by atoms with van der Waals surface area (Å²) in [6.07, 6.45) is -0.0127. The molecule has 0 spiro atoms. The van der Waals surface area contributed by atoms with Crippen LogP contribution in [-0.2, 0) is 11.0 Å². The van der Waals surface area contributed by atoms with Crippen LogP contribution in [0.3, 0.4) is 0 Å². The van der Waals surface area contributed by atoms with Gasteiger partial charge in [-0.25, -0.2) is 4.79 Å². The Morgan fingerprint density at radius 1 is 1.36 bits per heavy atom. The summed E-state index contributed by atoms with van der Waals surface area (Å²) in [5, 5.41) is 11.8. The summed E-state index contributed by atoms with van der Waals surface area (Å²) in [6, 6.07) is 3.66. The van der Waals surface area contributed by atoms with Crippen LogP contribution >= 0.6 is 0 Å². The summed E-state index contributed by atoms with van der Waals surface area (Å²) >= 11 is 0. The van der Waals surface area contributed by atoms with Crippen LogP contribution in [0.1, 0.15) is 18.1 Å². The molecule has 0 fully saturated rings. The quantitative estimate of drug-likeness (QED) is 0.620. The second-order valence-corrected chi connectivity index (χ2v) is 4.49. The lowest BCUT2D eigenvalue weighted by Crippen LogP contribution is -2.13. The molecule has 0 aliphatic rings. The summed E-state index contributed by atoms with van der Waals surface area (Å²) < 4.78 is 38.6. The normalized spacial score (nSPS) is 12.5. The Bertz CT molecular complexity index is 643. The van der Waals surface area contributed by atoms with E-state index in [1.807, 2.05) is 0 Å². The predicted molar refractivity (Wildman–Crippen MR) is 79.5 cm³/mol. The molecular formula is C16H16F3NO2. The fourth-order valence-corrected chi connectivity index (χ4v) is 1.80. The van der Waals surface area contributed by atoms with Crippen molar-refractivity contribution in [2.45, 2.75) is 20.0 Å². The number of carboxylic acids is 1. The van der Waals surface area contributed by atoms with Crippen molar-refractivity contribution >= 4 is 11.7 Å². The van der Waals surface area contributed by atoms with Crippen molar-refractivity contribution < 1.29 is 23.1 Å². The third kappa shape index (κ3) is 4.25. The highest BCUT2D eigenvalue weighted by molar-refractivity contribution is 5.93. The lowest BCUT2D eigenvalue weighted by molar-refractivity contribution is -0.138. The number of benzene rings is 1. The predicted octanol–water partition coefficient (Wildman–Crippen LogP) is 4.53. The van der Waals surface area contributed by atoms with Crippen molar-refractivity contribution in [3.05, 3.63) is 65.4 Å². The average Bonchev–Trinajstić information content (AvgIpc) is 2.39. The molecule has 118 valence electrons. The van der Waals surface area contributed by atoms with Crippen molar-refractivity contribution in [1.29, 1.82) is 0 Å². The van der Waals surface area contributed by atoms with Crippen LogP contribution in [0.5, 0.6) is 0 Å². The second-order valence-electron chi connectivity index (χ2n) is 4.49. The van der Waals surface area contributed by atoms with Gasteiger partial charge in [0.15, 0.2) is 0 Å². The second kappa shape index (κ2) is 6.98. The monoisotopic (exact) mass is 311 g/mol. The number of allylic oxidation sites excluding steroid dienone is 3. The first kappa shape index (κ1) is 17.6. The molecule has 2 N–H and O–H groups in total. The molecule has 0 amide bonds. The highest BCUT2D eigenvalue weighted by atomic mass is 19.4. The van der Waals surface area contributed by atoms with E-state index in [1.54, 1.807) is 13.0 Å². The summed E-state index contributed by atoms with van der Waals surface area (Å²) in [6.45, 7) is 6.61. The van der Waals surface area contributed by atoms with Crippen molar-refractivity contribution in [3.8, 4) is 0 Å². The van der Waals surface area contributed by atoms with Crippen LogP contribution in [0, 0.1) is 6.92 Å². The van der Waals surface area contributed by atoms with E-state index in [1.165, 1.54) is 31.2 Å². The first-order chi connectivity index (χ1) is 10.2. The lowest BCUT2D eigenvalue weighted by atomic mass is 10.1. The SMILES string of the molecule is C=C(Nc1cccc(C(F)(F)F)c1C)/C(=C\C=C/C)C(=O)O. The van der Waals surface area contributed by atoms with E-state index in [2.05, 4.69) is 11.9 Å². The summed E-state index contributed by atoms with van der Waals surface area (Å²) in [4.78, 5) is 11.2. The van der Waals surface area contributed by atoms with Crippen LogP contribution in [0.15, 0.2) is 54.3 Å². The van der Waals surface area contributed by atoms with Gasteiger partial charge >= 0.3 is 12.1 Å². The molecule has 0 saturated carbocycles. The van der Waals surface area contributed by atoms with Crippen molar-refractivity contribution in [2.24, 2.45) is 0 Å². The lowest BCUT2D eigenvalue weighted by Gasteiger charge is -2.16. The van der Waals surface area contributed by atoms with Gasteiger partial charge in [0.25, 0.3) is 0 Å². The number of halogens is 3. The molecule has 0 unspecified atom stereocenters. The van der Waals surface area contributed by atoms with Gasteiger partial charge in [-0.15, -0.1) is 0 Å². The average molecular weight is 311 g/mol. The number of hydrogen-bond donors (Lipinski definition) is 2. The van der Waals surface area contributed by atoms with E-state index >= 15 is 0 Å². The molecule has 1 rings (SSSR count). The Hall–Kier alpha value is -2.50. The Morgan fingerprint density at radius 2 is 2.00 bits per heavy atom. The molecule has 1 aromatic carbocycles. The van der Waals surface area contributed by atoms with Gasteiger partial charge in [0.2, 0.25) is 0 Å². The van der Waals surface area contributed by atoms with E-state index in [-0.39, 0.29) is 22.5 Å². The number of alkyl halides is 3. The minimum Gasteiger partial charge on any atom is -0.478 e. The number of anilines is 1. The Kier molecular flexibility index (Phi) is 5.56. The van der Waals surface area contributed by atoms with E-state index in [9.17, 15) is 18.0 Å². The summed E-state index contributed by atoms with van der Waals surface area (Å²) in [7, 11) is 0. The number of carbonyl (C=O) groups is 1. The Labute approximate surface area is 126 Å². The molecule has 0 aliphatic carbocycles. The van der Waals surface area contributed by atoms with Gasteiger partial charge < -0.3 is 10.4 Å². The minimum atomic E-state index is -4.47. The van der Waals surface area contributed by atoms with E-state index in [0.29, 0.717) is 0 Å². The van der Waals surface area contributed by atoms with Gasteiger partial charge in [-0.1, -0.05) is 24.8 Å². The highest BCUT2D eigenvalue weighted by Gasteiger charge is 2.33. The molecule has 0 aliphatic heterocycles. The minimum absolute atomic E-state index is 0.00743. The molecule has 1 aromatic rings. The molecule has 0 bridgehead atoms. The van der Waals surface area contributed by atoms with E-state index in [4.69, 9.17) is 5.11 Å². The smallest absolute Gasteiger partial charge is 0.416 e.